The van der Waals surface area contributed by atoms with Crippen LogP contribution in [0.4, 0.5) is 0 Å². The fraction of sp³-hybridized carbons (Fsp3) is 0.647. The van der Waals surface area contributed by atoms with Gasteiger partial charge in [0, 0.05) is 6.54 Å². The molecular formula is C17H27NO2. The first-order valence-corrected chi connectivity index (χ1v) is 7.75. The van der Waals surface area contributed by atoms with Gasteiger partial charge in [0.25, 0.3) is 0 Å². The molecule has 0 radical (unpaired) electrons. The van der Waals surface area contributed by atoms with E-state index in [-0.39, 0.29) is 0 Å². The average molecular weight is 277 g/mol. The number of nitrogens with one attached hydrogen (secondary N) is 1. The Bertz CT molecular complexity index is 419. The van der Waals surface area contributed by atoms with E-state index >= 15 is 0 Å². The molecule has 1 aromatic rings. The lowest BCUT2D eigenvalue weighted by Crippen LogP contribution is -2.23. The third-order valence-electron chi connectivity index (χ3n) is 4.30. The Morgan fingerprint density at radius 3 is 2.75 bits per heavy atom. The summed E-state index contributed by atoms with van der Waals surface area (Å²) in [5.74, 6) is 3.36. The van der Waals surface area contributed by atoms with Gasteiger partial charge in [-0.15, -0.1) is 0 Å². The van der Waals surface area contributed by atoms with Gasteiger partial charge >= 0.3 is 0 Å². The number of methoxy groups -OCH3 is 1. The standard InChI is InChI=1S/C17H27NO2/c1-4-20-16-9-8-14(10-17(16)19-3)11-18-12-15-7-5-6-13(15)2/h8-10,13,15,18H,4-7,11-12H2,1-3H3. The minimum Gasteiger partial charge on any atom is -0.493 e. The summed E-state index contributed by atoms with van der Waals surface area (Å²) in [6.07, 6.45) is 4.16. The van der Waals surface area contributed by atoms with E-state index in [0.29, 0.717) is 6.61 Å². The molecule has 0 saturated heterocycles. The van der Waals surface area contributed by atoms with Crippen molar-refractivity contribution in [1.82, 2.24) is 5.32 Å². The van der Waals surface area contributed by atoms with Crippen molar-refractivity contribution >= 4 is 0 Å². The van der Waals surface area contributed by atoms with Gasteiger partial charge in [0.15, 0.2) is 11.5 Å². The van der Waals surface area contributed by atoms with Crippen LogP contribution >= 0.6 is 0 Å². The van der Waals surface area contributed by atoms with Gasteiger partial charge in [0.2, 0.25) is 0 Å². The third kappa shape index (κ3) is 3.89. The van der Waals surface area contributed by atoms with Crippen LogP contribution in [0.1, 0.15) is 38.7 Å². The largest absolute Gasteiger partial charge is 0.493 e. The molecule has 112 valence electrons. The topological polar surface area (TPSA) is 30.5 Å². The van der Waals surface area contributed by atoms with Crippen molar-refractivity contribution in [2.75, 3.05) is 20.3 Å². The molecule has 1 saturated carbocycles. The van der Waals surface area contributed by atoms with E-state index in [1.165, 1.54) is 24.8 Å². The molecule has 0 heterocycles. The smallest absolute Gasteiger partial charge is 0.161 e. The molecule has 0 aliphatic heterocycles. The minimum absolute atomic E-state index is 0.660. The first-order chi connectivity index (χ1) is 9.74. The second-order valence-corrected chi connectivity index (χ2v) is 5.72. The van der Waals surface area contributed by atoms with Crippen molar-refractivity contribution < 1.29 is 9.47 Å². The van der Waals surface area contributed by atoms with Crippen LogP contribution in [0, 0.1) is 11.8 Å². The number of benzene rings is 1. The summed E-state index contributed by atoms with van der Waals surface area (Å²) in [6, 6.07) is 6.17. The Labute approximate surface area is 122 Å². The van der Waals surface area contributed by atoms with Crippen LogP contribution in [-0.2, 0) is 6.54 Å². The quantitative estimate of drug-likeness (QED) is 0.825. The summed E-state index contributed by atoms with van der Waals surface area (Å²) in [4.78, 5) is 0. The highest BCUT2D eigenvalue weighted by Crippen LogP contribution is 2.31. The molecule has 3 nitrogen and oxygen atoms in total. The molecule has 2 atom stereocenters. The molecule has 0 aromatic heterocycles. The number of rotatable bonds is 7. The van der Waals surface area contributed by atoms with Crippen LogP contribution in [0.15, 0.2) is 18.2 Å². The summed E-state index contributed by atoms with van der Waals surface area (Å²) in [7, 11) is 1.69. The van der Waals surface area contributed by atoms with Crippen molar-refractivity contribution in [1.29, 1.82) is 0 Å². The summed E-state index contributed by atoms with van der Waals surface area (Å²) in [5, 5.41) is 3.58. The third-order valence-corrected chi connectivity index (χ3v) is 4.30. The van der Waals surface area contributed by atoms with Crippen molar-refractivity contribution in [3.8, 4) is 11.5 Å². The molecule has 0 bridgehead atoms. The molecular weight excluding hydrogens is 250 g/mol. The average Bonchev–Trinajstić information content (AvgIpc) is 2.86. The van der Waals surface area contributed by atoms with Crippen LogP contribution < -0.4 is 14.8 Å². The fourth-order valence-corrected chi connectivity index (χ4v) is 3.02. The maximum Gasteiger partial charge on any atom is 0.161 e. The van der Waals surface area contributed by atoms with E-state index in [4.69, 9.17) is 9.47 Å². The Morgan fingerprint density at radius 1 is 1.25 bits per heavy atom. The van der Waals surface area contributed by atoms with Gasteiger partial charge in [-0.2, -0.15) is 0 Å². The second kappa shape index (κ2) is 7.53. The van der Waals surface area contributed by atoms with Gasteiger partial charge in [-0.3, -0.25) is 0 Å². The molecule has 1 fully saturated rings. The first kappa shape index (κ1) is 15.2. The number of hydrogen-bond acceptors (Lipinski definition) is 3. The van der Waals surface area contributed by atoms with Crippen LogP contribution in [0.2, 0.25) is 0 Å². The number of hydrogen-bond donors (Lipinski definition) is 1. The van der Waals surface area contributed by atoms with E-state index in [9.17, 15) is 0 Å². The molecule has 0 amide bonds. The van der Waals surface area contributed by atoms with Crippen LogP contribution in [-0.4, -0.2) is 20.3 Å². The molecule has 20 heavy (non-hydrogen) atoms. The zero-order chi connectivity index (χ0) is 14.4. The fourth-order valence-electron chi connectivity index (χ4n) is 3.02. The van der Waals surface area contributed by atoms with E-state index in [1.54, 1.807) is 7.11 Å². The summed E-state index contributed by atoms with van der Waals surface area (Å²) in [5.41, 5.74) is 1.25. The summed E-state index contributed by atoms with van der Waals surface area (Å²) in [6.45, 7) is 7.03. The highest BCUT2D eigenvalue weighted by Gasteiger charge is 2.22. The van der Waals surface area contributed by atoms with Crippen molar-refractivity contribution in [3.05, 3.63) is 23.8 Å². The van der Waals surface area contributed by atoms with Gasteiger partial charge in [0.1, 0.15) is 0 Å². The Hall–Kier alpha value is -1.22. The van der Waals surface area contributed by atoms with Crippen LogP contribution in [0.5, 0.6) is 11.5 Å². The maximum absolute atomic E-state index is 5.54. The van der Waals surface area contributed by atoms with Gasteiger partial charge in [-0.1, -0.05) is 25.8 Å². The zero-order valence-electron chi connectivity index (χ0n) is 12.9. The first-order valence-electron chi connectivity index (χ1n) is 7.75. The molecule has 3 heteroatoms. The highest BCUT2D eigenvalue weighted by atomic mass is 16.5. The maximum atomic E-state index is 5.54. The Morgan fingerprint density at radius 2 is 2.10 bits per heavy atom. The van der Waals surface area contributed by atoms with Gasteiger partial charge in [-0.25, -0.2) is 0 Å². The molecule has 2 rings (SSSR count). The lowest BCUT2D eigenvalue weighted by Gasteiger charge is -2.16. The van der Waals surface area contributed by atoms with Crippen LogP contribution in [0.3, 0.4) is 0 Å². The molecule has 0 spiro atoms. The predicted molar refractivity (Wildman–Crippen MR) is 82.4 cm³/mol. The van der Waals surface area contributed by atoms with Gasteiger partial charge in [0.05, 0.1) is 13.7 Å². The van der Waals surface area contributed by atoms with E-state index < -0.39 is 0 Å². The lowest BCUT2D eigenvalue weighted by atomic mass is 9.98. The minimum atomic E-state index is 0.660. The zero-order valence-corrected chi connectivity index (χ0v) is 12.9. The van der Waals surface area contributed by atoms with Crippen molar-refractivity contribution in [2.24, 2.45) is 11.8 Å². The Kier molecular flexibility index (Phi) is 5.72. The van der Waals surface area contributed by atoms with E-state index in [0.717, 1.165) is 36.4 Å². The summed E-state index contributed by atoms with van der Waals surface area (Å²) >= 11 is 0. The molecule has 1 aliphatic rings. The van der Waals surface area contributed by atoms with E-state index in [2.05, 4.69) is 24.4 Å². The van der Waals surface area contributed by atoms with Crippen molar-refractivity contribution in [3.63, 3.8) is 0 Å². The Balaban J connectivity index is 1.86. The lowest BCUT2D eigenvalue weighted by molar-refractivity contribution is 0.310. The highest BCUT2D eigenvalue weighted by molar-refractivity contribution is 5.42. The van der Waals surface area contributed by atoms with E-state index in [1.807, 2.05) is 13.0 Å². The number of ether oxygens (including phenoxy) is 2. The molecule has 1 aliphatic carbocycles. The SMILES string of the molecule is CCOc1ccc(CNCC2CCCC2C)cc1OC. The molecule has 1 N–H and O–H groups in total. The predicted octanol–water partition coefficient (Wildman–Crippen LogP) is 3.62. The van der Waals surface area contributed by atoms with Gasteiger partial charge < -0.3 is 14.8 Å². The van der Waals surface area contributed by atoms with Crippen LogP contribution in [0.25, 0.3) is 0 Å². The molecule has 1 aromatic carbocycles. The van der Waals surface area contributed by atoms with Crippen molar-refractivity contribution in [2.45, 2.75) is 39.7 Å². The molecule has 2 unspecified atom stereocenters. The monoisotopic (exact) mass is 277 g/mol. The van der Waals surface area contributed by atoms with Gasteiger partial charge in [-0.05, 0) is 49.4 Å². The summed E-state index contributed by atoms with van der Waals surface area (Å²) < 4.78 is 10.9. The normalized spacial score (nSPS) is 21.9. The second-order valence-electron chi connectivity index (χ2n) is 5.72.